The number of aromatic nitrogens is 2. The lowest BCUT2D eigenvalue weighted by atomic mass is 10.1. The van der Waals surface area contributed by atoms with Gasteiger partial charge in [0.2, 0.25) is 0 Å². The molecule has 0 N–H and O–H groups in total. The van der Waals surface area contributed by atoms with Gasteiger partial charge in [-0.2, -0.15) is 5.26 Å². The van der Waals surface area contributed by atoms with E-state index in [1.54, 1.807) is 0 Å². The third-order valence-corrected chi connectivity index (χ3v) is 4.07. The first-order valence-electron chi connectivity index (χ1n) is 7.07. The van der Waals surface area contributed by atoms with Gasteiger partial charge in [0.1, 0.15) is 11.6 Å². The molecule has 22 heavy (non-hydrogen) atoms. The minimum absolute atomic E-state index is 0.533. The Kier molecular flexibility index (Phi) is 4.56. The number of benzene rings is 1. The van der Waals surface area contributed by atoms with E-state index in [9.17, 15) is 5.26 Å². The van der Waals surface area contributed by atoms with Crippen LogP contribution in [-0.4, -0.2) is 42.5 Å². The molecule has 0 bridgehead atoms. The van der Waals surface area contributed by atoms with Crippen LogP contribution in [0.4, 0.5) is 5.82 Å². The van der Waals surface area contributed by atoms with Crippen molar-refractivity contribution in [2.45, 2.75) is 5.16 Å². The summed E-state index contributed by atoms with van der Waals surface area (Å²) in [6, 6.07) is 12.1. The van der Waals surface area contributed by atoms with Gasteiger partial charge in [0.15, 0.2) is 11.0 Å². The van der Waals surface area contributed by atoms with E-state index in [1.165, 1.54) is 11.8 Å². The summed E-state index contributed by atoms with van der Waals surface area (Å²) in [5.41, 5.74) is 2.17. The number of anilines is 1. The van der Waals surface area contributed by atoms with Crippen molar-refractivity contribution < 1.29 is 4.74 Å². The fraction of sp³-hybridized carbons (Fsp3) is 0.312. The first-order valence-corrected chi connectivity index (χ1v) is 8.30. The van der Waals surface area contributed by atoms with Gasteiger partial charge in [-0.1, -0.05) is 42.1 Å². The lowest BCUT2D eigenvalue weighted by Gasteiger charge is -2.29. The van der Waals surface area contributed by atoms with Crippen LogP contribution >= 0.6 is 11.8 Å². The molecule has 2 aromatic rings. The molecule has 1 aliphatic rings. The van der Waals surface area contributed by atoms with Crippen molar-refractivity contribution in [1.29, 1.82) is 5.26 Å². The minimum atomic E-state index is 0.533. The van der Waals surface area contributed by atoms with E-state index in [0.29, 0.717) is 35.4 Å². The van der Waals surface area contributed by atoms with E-state index in [1.807, 2.05) is 36.6 Å². The third-order valence-electron chi connectivity index (χ3n) is 3.52. The zero-order chi connectivity index (χ0) is 15.4. The molecule has 0 radical (unpaired) electrons. The molecule has 1 aliphatic heterocycles. The molecular formula is C16H16N4OS. The van der Waals surface area contributed by atoms with Crippen molar-refractivity contribution in [2.24, 2.45) is 0 Å². The van der Waals surface area contributed by atoms with Crippen molar-refractivity contribution >= 4 is 17.6 Å². The summed E-state index contributed by atoms with van der Waals surface area (Å²) >= 11 is 1.49. The minimum Gasteiger partial charge on any atom is -0.378 e. The maximum absolute atomic E-state index is 9.66. The average molecular weight is 312 g/mol. The zero-order valence-corrected chi connectivity index (χ0v) is 13.1. The Balaban J connectivity index is 2.15. The van der Waals surface area contributed by atoms with Crippen molar-refractivity contribution in [3.63, 3.8) is 0 Å². The summed E-state index contributed by atoms with van der Waals surface area (Å²) in [4.78, 5) is 11.2. The number of hydrogen-bond acceptors (Lipinski definition) is 6. The van der Waals surface area contributed by atoms with E-state index in [0.717, 1.165) is 18.7 Å². The Morgan fingerprint density at radius 2 is 1.91 bits per heavy atom. The predicted octanol–water partition coefficient (Wildman–Crippen LogP) is 2.57. The highest BCUT2D eigenvalue weighted by Crippen LogP contribution is 2.30. The van der Waals surface area contributed by atoms with Crippen LogP contribution in [0.25, 0.3) is 11.3 Å². The fourth-order valence-electron chi connectivity index (χ4n) is 2.43. The molecular weight excluding hydrogens is 296 g/mol. The van der Waals surface area contributed by atoms with Crippen LogP contribution in [0.1, 0.15) is 5.56 Å². The summed E-state index contributed by atoms with van der Waals surface area (Å²) < 4.78 is 5.39. The largest absolute Gasteiger partial charge is 0.378 e. The zero-order valence-electron chi connectivity index (χ0n) is 12.3. The van der Waals surface area contributed by atoms with Crippen LogP contribution in [-0.2, 0) is 4.74 Å². The molecule has 0 amide bonds. The topological polar surface area (TPSA) is 62.0 Å². The van der Waals surface area contributed by atoms with Crippen LogP contribution < -0.4 is 4.90 Å². The summed E-state index contributed by atoms with van der Waals surface area (Å²) in [5, 5.41) is 10.3. The number of rotatable bonds is 3. The van der Waals surface area contributed by atoms with Crippen LogP contribution in [0.15, 0.2) is 35.5 Å². The quantitative estimate of drug-likeness (QED) is 0.641. The predicted molar refractivity (Wildman–Crippen MR) is 87.0 cm³/mol. The summed E-state index contributed by atoms with van der Waals surface area (Å²) in [7, 11) is 0. The van der Waals surface area contributed by atoms with Gasteiger partial charge < -0.3 is 9.64 Å². The molecule has 1 fully saturated rings. The summed E-state index contributed by atoms with van der Waals surface area (Å²) in [6.45, 7) is 2.80. The van der Waals surface area contributed by atoms with Crippen LogP contribution in [0, 0.1) is 11.3 Å². The molecule has 2 heterocycles. The van der Waals surface area contributed by atoms with Gasteiger partial charge >= 0.3 is 0 Å². The molecule has 0 unspecified atom stereocenters. The van der Waals surface area contributed by atoms with Gasteiger partial charge in [-0.25, -0.2) is 9.97 Å². The standard InChI is InChI=1S/C16H16N4OS/c1-22-16-18-14(12-5-3-2-4-6-12)13(11-17)15(19-16)20-7-9-21-10-8-20/h2-6H,7-10H2,1H3. The Morgan fingerprint density at radius 3 is 2.55 bits per heavy atom. The Bertz CT molecular complexity index is 693. The van der Waals surface area contributed by atoms with Crippen molar-refractivity contribution in [3.05, 3.63) is 35.9 Å². The van der Waals surface area contributed by atoms with E-state index in [-0.39, 0.29) is 0 Å². The Morgan fingerprint density at radius 1 is 1.18 bits per heavy atom. The van der Waals surface area contributed by atoms with Gasteiger partial charge in [-0.05, 0) is 6.26 Å². The molecule has 5 nitrogen and oxygen atoms in total. The second-order valence-electron chi connectivity index (χ2n) is 4.83. The molecule has 0 saturated carbocycles. The third kappa shape index (κ3) is 2.91. The SMILES string of the molecule is CSc1nc(-c2ccccc2)c(C#N)c(N2CCOCC2)n1. The molecule has 6 heteroatoms. The molecule has 1 aromatic carbocycles. The first kappa shape index (κ1) is 14.8. The Labute approximate surface area is 134 Å². The highest BCUT2D eigenvalue weighted by molar-refractivity contribution is 7.98. The lowest BCUT2D eigenvalue weighted by Crippen LogP contribution is -2.37. The first-order chi connectivity index (χ1) is 10.8. The van der Waals surface area contributed by atoms with E-state index in [4.69, 9.17) is 4.74 Å². The molecule has 1 aromatic heterocycles. The number of nitriles is 1. The number of nitrogens with zero attached hydrogens (tertiary/aromatic N) is 4. The average Bonchev–Trinajstić information content (AvgIpc) is 2.62. The molecule has 3 rings (SSSR count). The summed E-state index contributed by atoms with van der Waals surface area (Å²) in [5.74, 6) is 0.712. The molecule has 0 aliphatic carbocycles. The normalized spacial score (nSPS) is 14.6. The number of ether oxygens (including phenoxy) is 1. The van der Waals surface area contributed by atoms with E-state index in [2.05, 4.69) is 20.9 Å². The summed E-state index contributed by atoms with van der Waals surface area (Å²) in [6.07, 6.45) is 1.94. The number of hydrogen-bond donors (Lipinski definition) is 0. The monoisotopic (exact) mass is 312 g/mol. The lowest BCUT2D eigenvalue weighted by molar-refractivity contribution is 0.122. The van der Waals surface area contributed by atoms with E-state index >= 15 is 0 Å². The second kappa shape index (κ2) is 6.77. The van der Waals surface area contributed by atoms with Gasteiger partial charge in [0.05, 0.1) is 18.9 Å². The maximum atomic E-state index is 9.66. The van der Waals surface area contributed by atoms with Gasteiger partial charge in [-0.3, -0.25) is 0 Å². The van der Waals surface area contributed by atoms with Gasteiger partial charge in [0, 0.05) is 18.7 Å². The molecule has 112 valence electrons. The maximum Gasteiger partial charge on any atom is 0.189 e. The molecule has 0 spiro atoms. The van der Waals surface area contributed by atoms with Gasteiger partial charge in [0.25, 0.3) is 0 Å². The smallest absolute Gasteiger partial charge is 0.189 e. The molecule has 1 saturated heterocycles. The van der Waals surface area contributed by atoms with E-state index < -0.39 is 0 Å². The van der Waals surface area contributed by atoms with Crippen LogP contribution in [0.2, 0.25) is 0 Å². The van der Waals surface area contributed by atoms with Crippen LogP contribution in [0.3, 0.4) is 0 Å². The van der Waals surface area contributed by atoms with Crippen molar-refractivity contribution in [3.8, 4) is 17.3 Å². The highest BCUT2D eigenvalue weighted by atomic mass is 32.2. The van der Waals surface area contributed by atoms with Crippen molar-refractivity contribution in [1.82, 2.24) is 9.97 Å². The van der Waals surface area contributed by atoms with Crippen molar-refractivity contribution in [2.75, 3.05) is 37.5 Å². The fourth-order valence-corrected chi connectivity index (χ4v) is 2.79. The highest BCUT2D eigenvalue weighted by Gasteiger charge is 2.22. The Hall–Kier alpha value is -2.10. The number of thioether (sulfide) groups is 1. The second-order valence-corrected chi connectivity index (χ2v) is 5.61. The van der Waals surface area contributed by atoms with Crippen LogP contribution in [0.5, 0.6) is 0 Å². The van der Waals surface area contributed by atoms with Gasteiger partial charge in [-0.15, -0.1) is 0 Å². The number of morpholine rings is 1. The molecule has 0 atom stereocenters.